The summed E-state index contributed by atoms with van der Waals surface area (Å²) in [5.74, 6) is 1.22. The van der Waals surface area contributed by atoms with Gasteiger partial charge in [0, 0.05) is 17.6 Å². The molecule has 0 saturated heterocycles. The highest BCUT2D eigenvalue weighted by molar-refractivity contribution is 6.30. The first-order valence-corrected chi connectivity index (χ1v) is 7.30. The van der Waals surface area contributed by atoms with Gasteiger partial charge in [-0.05, 0) is 48.6 Å². The van der Waals surface area contributed by atoms with E-state index in [9.17, 15) is 5.11 Å². The minimum Gasteiger partial charge on any atom is -0.467 e. The fourth-order valence-electron chi connectivity index (χ4n) is 2.65. The number of nitrogens with one attached hydrogen (secondary N) is 1. The minimum absolute atomic E-state index is 0.472. The van der Waals surface area contributed by atoms with E-state index in [1.807, 2.05) is 12.1 Å². The predicted molar refractivity (Wildman–Crippen MR) is 78.9 cm³/mol. The van der Waals surface area contributed by atoms with Crippen LogP contribution in [0.5, 0.6) is 0 Å². The molecule has 0 spiro atoms. The normalized spacial score (nSPS) is 23.3. The molecule has 0 radical (unpaired) electrons. The Morgan fingerprint density at radius 2 is 2.00 bits per heavy atom. The predicted octanol–water partition coefficient (Wildman–Crippen LogP) is 3.50. The molecule has 1 heterocycles. The zero-order valence-corrected chi connectivity index (χ0v) is 11.9. The van der Waals surface area contributed by atoms with Crippen molar-refractivity contribution in [3.8, 4) is 0 Å². The average molecular weight is 292 g/mol. The maximum Gasteiger partial charge on any atom is 0.133 e. The molecule has 1 aromatic carbocycles. The molecule has 4 heteroatoms. The molecule has 1 atom stereocenters. The first-order valence-electron chi connectivity index (χ1n) is 6.92. The lowest BCUT2D eigenvalue weighted by Crippen LogP contribution is -2.41. The topological polar surface area (TPSA) is 45.4 Å². The summed E-state index contributed by atoms with van der Waals surface area (Å²) in [5, 5.41) is 14.1. The van der Waals surface area contributed by atoms with E-state index >= 15 is 0 Å². The van der Waals surface area contributed by atoms with Crippen molar-refractivity contribution in [3.05, 3.63) is 59.0 Å². The number of aliphatic hydroxyl groups is 1. The first kappa shape index (κ1) is 13.7. The van der Waals surface area contributed by atoms with Gasteiger partial charge in [0.1, 0.15) is 11.9 Å². The van der Waals surface area contributed by atoms with E-state index in [2.05, 4.69) is 17.4 Å². The fourth-order valence-corrected chi connectivity index (χ4v) is 2.78. The van der Waals surface area contributed by atoms with Crippen LogP contribution in [0.25, 0.3) is 0 Å². The highest BCUT2D eigenvalue weighted by atomic mass is 35.5. The van der Waals surface area contributed by atoms with Crippen LogP contribution < -0.4 is 5.32 Å². The summed E-state index contributed by atoms with van der Waals surface area (Å²) < 4.78 is 5.18. The van der Waals surface area contributed by atoms with Crippen LogP contribution in [0.4, 0.5) is 0 Å². The molecule has 1 aliphatic carbocycles. The van der Waals surface area contributed by atoms with Crippen LogP contribution in [0.1, 0.15) is 36.2 Å². The molecule has 0 amide bonds. The molecule has 3 nitrogen and oxygen atoms in total. The monoisotopic (exact) mass is 291 g/mol. The van der Waals surface area contributed by atoms with Crippen LogP contribution in [0.15, 0.2) is 47.1 Å². The van der Waals surface area contributed by atoms with Gasteiger partial charge in [0.15, 0.2) is 0 Å². The van der Waals surface area contributed by atoms with E-state index in [4.69, 9.17) is 16.0 Å². The highest BCUT2D eigenvalue weighted by Gasteiger charge is 2.30. The number of hydrogen-bond acceptors (Lipinski definition) is 3. The maximum absolute atomic E-state index is 9.92. The molecule has 106 valence electrons. The smallest absolute Gasteiger partial charge is 0.133 e. The summed E-state index contributed by atoms with van der Waals surface area (Å²) in [4.78, 5) is 0. The molecule has 1 fully saturated rings. The lowest BCUT2D eigenvalue weighted by Gasteiger charge is -2.36. The Balaban J connectivity index is 1.43. The third kappa shape index (κ3) is 3.06. The molecule has 2 N–H and O–H groups in total. The van der Waals surface area contributed by atoms with Gasteiger partial charge in [0.25, 0.3) is 0 Å². The van der Waals surface area contributed by atoms with Gasteiger partial charge in [-0.1, -0.05) is 23.7 Å². The molecule has 3 rings (SSSR count). The molecular weight excluding hydrogens is 274 g/mol. The van der Waals surface area contributed by atoms with E-state index in [0.29, 0.717) is 24.3 Å². The van der Waals surface area contributed by atoms with Crippen LogP contribution in [-0.2, 0) is 0 Å². The second kappa shape index (κ2) is 6.00. The molecule has 1 unspecified atom stereocenters. The molecule has 20 heavy (non-hydrogen) atoms. The van der Waals surface area contributed by atoms with Gasteiger partial charge >= 0.3 is 0 Å². The van der Waals surface area contributed by atoms with Gasteiger partial charge < -0.3 is 14.8 Å². The van der Waals surface area contributed by atoms with Crippen molar-refractivity contribution in [3.63, 3.8) is 0 Å². The highest BCUT2D eigenvalue weighted by Crippen LogP contribution is 2.37. The van der Waals surface area contributed by atoms with Crippen molar-refractivity contribution in [2.24, 2.45) is 0 Å². The standard InChI is InChI=1S/C16H18ClNO2/c17-13-5-3-11(4-6-13)12-8-14(9-12)18-10-15(19)16-2-1-7-20-16/h1-7,12,14-15,18-19H,8-10H2. The second-order valence-electron chi connectivity index (χ2n) is 5.36. The molecule has 0 aliphatic heterocycles. The Morgan fingerprint density at radius 1 is 1.25 bits per heavy atom. The van der Waals surface area contributed by atoms with Crippen molar-refractivity contribution in [1.82, 2.24) is 5.32 Å². The van der Waals surface area contributed by atoms with Gasteiger partial charge in [0.2, 0.25) is 0 Å². The van der Waals surface area contributed by atoms with Gasteiger partial charge in [-0.25, -0.2) is 0 Å². The SMILES string of the molecule is OC(CNC1CC(c2ccc(Cl)cc2)C1)c1ccco1. The third-order valence-electron chi connectivity index (χ3n) is 3.95. The molecule has 0 bridgehead atoms. The molecule has 1 aliphatic rings. The van der Waals surface area contributed by atoms with Crippen molar-refractivity contribution < 1.29 is 9.52 Å². The Hall–Kier alpha value is -1.29. The lowest BCUT2D eigenvalue weighted by molar-refractivity contribution is 0.134. The Labute approximate surface area is 123 Å². The maximum atomic E-state index is 9.92. The summed E-state index contributed by atoms with van der Waals surface area (Å²) >= 11 is 5.89. The van der Waals surface area contributed by atoms with Crippen molar-refractivity contribution >= 4 is 11.6 Å². The number of rotatable bonds is 5. The fraction of sp³-hybridized carbons (Fsp3) is 0.375. The largest absolute Gasteiger partial charge is 0.467 e. The quantitative estimate of drug-likeness (QED) is 0.886. The first-order chi connectivity index (χ1) is 9.72. The molecule has 2 aromatic rings. The Morgan fingerprint density at radius 3 is 2.65 bits per heavy atom. The van der Waals surface area contributed by atoms with Gasteiger partial charge in [-0.2, -0.15) is 0 Å². The zero-order chi connectivity index (χ0) is 13.9. The Bertz CT molecular complexity index is 532. The molecular formula is C16H18ClNO2. The van der Waals surface area contributed by atoms with Gasteiger partial charge in [0.05, 0.1) is 6.26 Å². The summed E-state index contributed by atoms with van der Waals surface area (Å²) in [6.07, 6.45) is 3.22. The number of halogens is 1. The van der Waals surface area contributed by atoms with Crippen molar-refractivity contribution in [2.45, 2.75) is 30.9 Å². The lowest BCUT2D eigenvalue weighted by atomic mass is 9.76. The number of hydrogen-bond donors (Lipinski definition) is 2. The number of aliphatic hydroxyl groups excluding tert-OH is 1. The summed E-state index contributed by atoms with van der Waals surface area (Å²) in [5.41, 5.74) is 1.35. The van der Waals surface area contributed by atoms with E-state index in [-0.39, 0.29) is 0 Å². The molecule has 1 aromatic heterocycles. The number of furan rings is 1. The van der Waals surface area contributed by atoms with Crippen molar-refractivity contribution in [1.29, 1.82) is 0 Å². The van der Waals surface area contributed by atoms with Crippen LogP contribution in [-0.4, -0.2) is 17.7 Å². The van der Waals surface area contributed by atoms with Crippen LogP contribution in [0, 0.1) is 0 Å². The van der Waals surface area contributed by atoms with Crippen molar-refractivity contribution in [2.75, 3.05) is 6.54 Å². The minimum atomic E-state index is -0.570. The van der Waals surface area contributed by atoms with Crippen LogP contribution in [0.3, 0.4) is 0 Å². The van der Waals surface area contributed by atoms with E-state index in [0.717, 1.165) is 17.9 Å². The zero-order valence-electron chi connectivity index (χ0n) is 11.1. The third-order valence-corrected chi connectivity index (χ3v) is 4.20. The average Bonchev–Trinajstić information content (AvgIpc) is 2.92. The summed E-state index contributed by atoms with van der Waals surface area (Å²) in [6.45, 7) is 0.533. The van der Waals surface area contributed by atoms with E-state index < -0.39 is 6.10 Å². The van der Waals surface area contributed by atoms with Crippen LogP contribution in [0.2, 0.25) is 5.02 Å². The van der Waals surface area contributed by atoms with E-state index in [1.165, 1.54) is 5.56 Å². The van der Waals surface area contributed by atoms with Crippen LogP contribution >= 0.6 is 11.6 Å². The summed E-state index contributed by atoms with van der Waals surface area (Å²) in [7, 11) is 0. The van der Waals surface area contributed by atoms with E-state index in [1.54, 1.807) is 18.4 Å². The van der Waals surface area contributed by atoms with Gasteiger partial charge in [-0.15, -0.1) is 0 Å². The second-order valence-corrected chi connectivity index (χ2v) is 5.79. The van der Waals surface area contributed by atoms with Gasteiger partial charge in [-0.3, -0.25) is 0 Å². The number of benzene rings is 1. The summed E-state index contributed by atoms with van der Waals surface area (Å²) in [6, 6.07) is 12.1. The molecule has 1 saturated carbocycles. The Kier molecular flexibility index (Phi) is 4.10.